The minimum atomic E-state index is -0.661. The van der Waals surface area contributed by atoms with Crippen LogP contribution in [0.15, 0.2) is 0 Å². The fraction of sp³-hybridized carbons (Fsp3) is 0.971. The molecule has 1 amide bonds. The lowest BCUT2D eigenvalue weighted by Gasteiger charge is -2.22. The molecule has 0 fully saturated rings. The van der Waals surface area contributed by atoms with Crippen LogP contribution in [0.5, 0.6) is 0 Å². The van der Waals surface area contributed by atoms with E-state index in [1.165, 1.54) is 327 Å². The van der Waals surface area contributed by atoms with Crippen molar-refractivity contribution >= 4 is 11.9 Å². The van der Waals surface area contributed by atoms with Crippen LogP contribution in [0.4, 0.5) is 0 Å². The Bertz CT molecular complexity index is 1070. The molecule has 0 aliphatic carbocycles. The van der Waals surface area contributed by atoms with Crippen molar-refractivity contribution in [3.8, 4) is 0 Å². The maximum Gasteiger partial charge on any atom is 0.305 e. The van der Waals surface area contributed by atoms with Gasteiger partial charge in [0.1, 0.15) is 0 Å². The molecule has 2 atom stereocenters. The van der Waals surface area contributed by atoms with Crippen LogP contribution in [-0.2, 0) is 14.3 Å². The number of rotatable bonds is 65. The van der Waals surface area contributed by atoms with Crippen LogP contribution in [0.2, 0.25) is 0 Å². The summed E-state index contributed by atoms with van der Waals surface area (Å²) in [6.45, 7) is 4.99. The maximum absolute atomic E-state index is 12.5. The predicted octanol–water partition coefficient (Wildman–Crippen LogP) is 21.8. The summed E-state index contributed by atoms with van der Waals surface area (Å²) in [6, 6.07) is -0.538. The van der Waals surface area contributed by atoms with Crippen LogP contribution in [-0.4, -0.2) is 47.4 Å². The molecule has 0 saturated heterocycles. The van der Waals surface area contributed by atoms with E-state index in [-0.39, 0.29) is 18.5 Å². The molecule has 6 heteroatoms. The first kappa shape index (κ1) is 72.9. The number of aliphatic hydroxyl groups excluding tert-OH is 2. The fourth-order valence-corrected chi connectivity index (χ4v) is 11.2. The van der Waals surface area contributed by atoms with Gasteiger partial charge >= 0.3 is 5.97 Å². The highest BCUT2D eigenvalue weighted by atomic mass is 16.5. The zero-order chi connectivity index (χ0) is 53.6. The number of aliphatic hydroxyl groups is 2. The molecule has 0 saturated carbocycles. The lowest BCUT2D eigenvalue weighted by Crippen LogP contribution is -2.45. The molecule has 0 heterocycles. The van der Waals surface area contributed by atoms with Gasteiger partial charge in [-0.15, -0.1) is 0 Å². The highest BCUT2D eigenvalue weighted by Gasteiger charge is 2.20. The first-order valence-electron chi connectivity index (χ1n) is 34.3. The van der Waals surface area contributed by atoms with Gasteiger partial charge in [-0.3, -0.25) is 9.59 Å². The number of esters is 1. The number of amides is 1. The maximum atomic E-state index is 12.5. The van der Waals surface area contributed by atoms with Crippen molar-refractivity contribution in [2.75, 3.05) is 13.2 Å². The molecule has 0 radical (unpaired) electrons. The van der Waals surface area contributed by atoms with E-state index >= 15 is 0 Å². The number of nitrogens with one attached hydrogen (secondary N) is 1. The molecule has 0 aromatic rings. The zero-order valence-corrected chi connectivity index (χ0v) is 50.6. The van der Waals surface area contributed by atoms with Crippen molar-refractivity contribution in [3.63, 3.8) is 0 Å². The molecule has 2 unspecified atom stereocenters. The summed E-state index contributed by atoms with van der Waals surface area (Å²) in [4.78, 5) is 24.6. The number of hydrogen-bond acceptors (Lipinski definition) is 5. The number of hydrogen-bond donors (Lipinski definition) is 3. The molecular formula is C68H135NO5. The summed E-state index contributed by atoms with van der Waals surface area (Å²) >= 11 is 0. The van der Waals surface area contributed by atoms with E-state index in [2.05, 4.69) is 19.2 Å². The van der Waals surface area contributed by atoms with Gasteiger partial charge in [0.15, 0.2) is 0 Å². The average molecular weight is 1050 g/mol. The largest absolute Gasteiger partial charge is 0.466 e. The Morgan fingerprint density at radius 3 is 0.824 bits per heavy atom. The molecule has 6 nitrogen and oxygen atoms in total. The summed E-state index contributed by atoms with van der Waals surface area (Å²) < 4.78 is 5.51. The van der Waals surface area contributed by atoms with Gasteiger partial charge in [-0.05, 0) is 25.7 Å². The Balaban J connectivity index is 3.31. The summed E-state index contributed by atoms with van der Waals surface area (Å²) in [7, 11) is 0. The van der Waals surface area contributed by atoms with E-state index in [1.807, 2.05) is 0 Å². The summed E-state index contributed by atoms with van der Waals surface area (Å²) in [5.74, 6) is -0.00806. The summed E-state index contributed by atoms with van der Waals surface area (Å²) in [6.07, 6.45) is 77.2. The van der Waals surface area contributed by atoms with Gasteiger partial charge in [0.2, 0.25) is 5.91 Å². The van der Waals surface area contributed by atoms with Gasteiger partial charge in [0.25, 0.3) is 0 Å². The van der Waals surface area contributed by atoms with E-state index in [0.29, 0.717) is 25.9 Å². The van der Waals surface area contributed by atoms with Gasteiger partial charge in [0, 0.05) is 12.8 Å². The van der Waals surface area contributed by atoms with Crippen molar-refractivity contribution in [2.45, 2.75) is 411 Å². The standard InChI is InChI=1S/C68H135NO5/c1-3-5-7-9-11-13-15-17-18-19-27-31-34-38-42-46-50-54-58-62-68(73)74-63-59-55-51-47-43-39-35-32-29-26-24-22-20-21-23-25-28-30-33-37-41-45-49-53-57-61-67(72)69-65(64-70)66(71)60-56-52-48-44-40-36-16-14-12-10-8-6-4-2/h65-66,70-71H,3-64H2,1-2H3,(H,69,72). The van der Waals surface area contributed by atoms with Crippen LogP contribution in [0.25, 0.3) is 0 Å². The van der Waals surface area contributed by atoms with Gasteiger partial charge in [-0.25, -0.2) is 0 Å². The molecule has 3 N–H and O–H groups in total. The molecule has 0 spiro atoms. The topological polar surface area (TPSA) is 95.9 Å². The molecule has 0 aliphatic rings. The smallest absolute Gasteiger partial charge is 0.305 e. The highest BCUT2D eigenvalue weighted by molar-refractivity contribution is 5.76. The first-order valence-corrected chi connectivity index (χ1v) is 34.3. The van der Waals surface area contributed by atoms with E-state index in [9.17, 15) is 19.8 Å². The first-order chi connectivity index (χ1) is 36.5. The lowest BCUT2D eigenvalue weighted by molar-refractivity contribution is -0.143. The normalized spacial score (nSPS) is 12.4. The zero-order valence-electron chi connectivity index (χ0n) is 50.6. The summed E-state index contributed by atoms with van der Waals surface area (Å²) in [5.41, 5.74) is 0. The van der Waals surface area contributed by atoms with Crippen molar-refractivity contribution in [1.82, 2.24) is 5.32 Å². The molecule has 74 heavy (non-hydrogen) atoms. The van der Waals surface area contributed by atoms with Crippen molar-refractivity contribution in [2.24, 2.45) is 0 Å². The Morgan fingerprint density at radius 1 is 0.324 bits per heavy atom. The predicted molar refractivity (Wildman–Crippen MR) is 324 cm³/mol. The van der Waals surface area contributed by atoms with Crippen LogP contribution >= 0.6 is 0 Å². The Morgan fingerprint density at radius 2 is 0.554 bits per heavy atom. The van der Waals surface area contributed by atoms with E-state index in [4.69, 9.17) is 4.74 Å². The van der Waals surface area contributed by atoms with Crippen LogP contribution in [0.3, 0.4) is 0 Å². The third-order valence-corrected chi connectivity index (χ3v) is 16.4. The van der Waals surface area contributed by atoms with E-state index < -0.39 is 12.1 Å². The second kappa shape index (κ2) is 64.4. The second-order valence-corrected chi connectivity index (χ2v) is 23.9. The van der Waals surface area contributed by atoms with Crippen LogP contribution in [0, 0.1) is 0 Å². The third kappa shape index (κ3) is 60.1. The monoisotopic (exact) mass is 1050 g/mol. The molecule has 0 bridgehead atoms. The number of carbonyl (C=O) groups is 2. The number of carbonyl (C=O) groups excluding carboxylic acids is 2. The van der Waals surface area contributed by atoms with Gasteiger partial charge < -0.3 is 20.3 Å². The Kier molecular flexibility index (Phi) is 63.4. The van der Waals surface area contributed by atoms with Crippen molar-refractivity contribution in [3.05, 3.63) is 0 Å². The molecular weight excluding hydrogens is 911 g/mol. The fourth-order valence-electron chi connectivity index (χ4n) is 11.2. The molecule has 442 valence electrons. The molecule has 0 rings (SSSR count). The quantitative estimate of drug-likeness (QED) is 0.0417. The van der Waals surface area contributed by atoms with E-state index in [1.54, 1.807) is 0 Å². The minimum absolute atomic E-state index is 0.0224. The average Bonchev–Trinajstić information content (AvgIpc) is 3.40. The summed E-state index contributed by atoms with van der Waals surface area (Å²) in [5, 5.41) is 23.3. The van der Waals surface area contributed by atoms with Gasteiger partial charge in [0.05, 0.1) is 25.4 Å². The second-order valence-electron chi connectivity index (χ2n) is 23.9. The molecule has 0 aliphatic heterocycles. The van der Waals surface area contributed by atoms with Gasteiger partial charge in [-0.2, -0.15) is 0 Å². The Labute approximate surface area is 464 Å². The molecule has 0 aromatic carbocycles. The number of ether oxygens (including phenoxy) is 1. The third-order valence-electron chi connectivity index (χ3n) is 16.4. The lowest BCUT2D eigenvalue weighted by atomic mass is 10.0. The Hall–Kier alpha value is -1.14. The van der Waals surface area contributed by atoms with E-state index in [0.717, 1.165) is 38.5 Å². The van der Waals surface area contributed by atoms with Crippen LogP contribution < -0.4 is 5.32 Å². The number of unbranched alkanes of at least 4 members (excludes halogenated alkanes) is 54. The van der Waals surface area contributed by atoms with Crippen molar-refractivity contribution in [1.29, 1.82) is 0 Å². The highest BCUT2D eigenvalue weighted by Crippen LogP contribution is 2.19. The van der Waals surface area contributed by atoms with Crippen molar-refractivity contribution < 1.29 is 24.5 Å². The minimum Gasteiger partial charge on any atom is -0.466 e. The van der Waals surface area contributed by atoms with Gasteiger partial charge in [-0.1, -0.05) is 361 Å². The SMILES string of the molecule is CCCCCCCCCCCCCCCCCCCCCC(=O)OCCCCCCCCCCCCCCCCCCCCCCCCCCCC(=O)NC(CO)C(O)CCCCCCCCCCCCCCC. The molecule has 0 aromatic heterocycles. The van der Waals surface area contributed by atoms with Crippen LogP contribution in [0.1, 0.15) is 399 Å².